The molecule has 0 spiro atoms. The summed E-state index contributed by atoms with van der Waals surface area (Å²) in [5, 5.41) is 13.2. The summed E-state index contributed by atoms with van der Waals surface area (Å²) >= 11 is 0. The van der Waals surface area contributed by atoms with E-state index in [-0.39, 0.29) is 6.54 Å². The lowest BCUT2D eigenvalue weighted by atomic mass is 9.94. The molecule has 0 fully saturated rings. The van der Waals surface area contributed by atoms with Gasteiger partial charge < -0.3 is 5.11 Å². The number of aliphatic carboxylic acids is 1. The Labute approximate surface area is 94.1 Å². The third kappa shape index (κ3) is 2.13. The van der Waals surface area contributed by atoms with Crippen molar-refractivity contribution in [1.29, 1.82) is 0 Å². The molecule has 1 N–H and O–H groups in total. The van der Waals surface area contributed by atoms with Crippen LogP contribution in [0.2, 0.25) is 0 Å². The molecular weight excluding hydrogens is 208 g/mol. The van der Waals surface area contributed by atoms with Crippen molar-refractivity contribution >= 4 is 12.3 Å². The van der Waals surface area contributed by atoms with Crippen molar-refractivity contribution in [2.75, 3.05) is 0 Å². The maximum atomic E-state index is 11.0. The van der Waals surface area contributed by atoms with Crippen molar-refractivity contribution in [2.45, 2.75) is 34.2 Å². The van der Waals surface area contributed by atoms with Crippen LogP contribution < -0.4 is 0 Å². The van der Waals surface area contributed by atoms with Gasteiger partial charge in [0.05, 0.1) is 23.2 Å². The van der Waals surface area contributed by atoms with Crippen LogP contribution in [0.15, 0.2) is 0 Å². The Morgan fingerprint density at radius 2 is 2.06 bits per heavy atom. The van der Waals surface area contributed by atoms with Gasteiger partial charge in [-0.1, -0.05) is 0 Å². The highest BCUT2D eigenvalue weighted by Crippen LogP contribution is 2.20. The first-order valence-electron chi connectivity index (χ1n) is 5.02. The largest absolute Gasteiger partial charge is 0.481 e. The molecule has 1 aromatic rings. The zero-order valence-corrected chi connectivity index (χ0v) is 9.94. The predicted octanol–water partition coefficient (Wildman–Crippen LogP) is 1.42. The van der Waals surface area contributed by atoms with Crippen LogP contribution in [-0.4, -0.2) is 27.1 Å². The van der Waals surface area contributed by atoms with Crippen LogP contribution in [0.3, 0.4) is 0 Å². The van der Waals surface area contributed by atoms with Crippen LogP contribution in [0.5, 0.6) is 0 Å². The molecular formula is C11H16N2O3. The molecule has 0 amide bonds. The van der Waals surface area contributed by atoms with Gasteiger partial charge in [0.25, 0.3) is 0 Å². The average Bonchev–Trinajstić information content (AvgIpc) is 2.41. The SMILES string of the molecule is Cc1nn(CC(C)(C)C(=O)O)c(C)c1C=O. The first-order chi connectivity index (χ1) is 7.29. The monoisotopic (exact) mass is 224 g/mol. The number of carbonyl (C=O) groups is 2. The van der Waals surface area contributed by atoms with Crippen LogP contribution in [0.1, 0.15) is 35.6 Å². The van der Waals surface area contributed by atoms with E-state index in [1.807, 2.05) is 0 Å². The molecule has 5 heteroatoms. The number of hydrogen-bond donors (Lipinski definition) is 1. The summed E-state index contributed by atoms with van der Waals surface area (Å²) in [4.78, 5) is 21.8. The van der Waals surface area contributed by atoms with E-state index >= 15 is 0 Å². The van der Waals surface area contributed by atoms with Crippen molar-refractivity contribution in [2.24, 2.45) is 5.41 Å². The molecule has 1 heterocycles. The number of carboxylic acid groups (broad SMARTS) is 1. The number of carboxylic acids is 1. The maximum absolute atomic E-state index is 11.0. The highest BCUT2D eigenvalue weighted by molar-refractivity contribution is 5.78. The van der Waals surface area contributed by atoms with Gasteiger partial charge in [0, 0.05) is 5.69 Å². The Kier molecular flexibility index (Phi) is 3.16. The molecule has 0 aromatic carbocycles. The van der Waals surface area contributed by atoms with E-state index in [9.17, 15) is 9.59 Å². The predicted molar refractivity (Wildman–Crippen MR) is 58.5 cm³/mol. The van der Waals surface area contributed by atoms with Gasteiger partial charge in [-0.15, -0.1) is 0 Å². The molecule has 0 aliphatic carbocycles. The van der Waals surface area contributed by atoms with Gasteiger partial charge in [0.15, 0.2) is 6.29 Å². The maximum Gasteiger partial charge on any atom is 0.310 e. The second-order valence-corrected chi connectivity index (χ2v) is 4.55. The standard InChI is InChI=1S/C11H16N2O3/c1-7-9(5-14)8(2)13(12-7)6-11(3,4)10(15)16/h5H,6H2,1-4H3,(H,15,16). The summed E-state index contributed by atoms with van der Waals surface area (Å²) in [5.74, 6) is -0.882. The van der Waals surface area contributed by atoms with Crippen molar-refractivity contribution in [3.63, 3.8) is 0 Å². The summed E-state index contributed by atoms with van der Waals surface area (Å²) in [6.07, 6.45) is 0.752. The van der Waals surface area contributed by atoms with E-state index in [2.05, 4.69) is 5.10 Å². The van der Waals surface area contributed by atoms with Crippen molar-refractivity contribution in [1.82, 2.24) is 9.78 Å². The first kappa shape index (κ1) is 12.4. The van der Waals surface area contributed by atoms with Gasteiger partial charge in [0.1, 0.15) is 0 Å². The molecule has 0 aliphatic rings. The van der Waals surface area contributed by atoms with Crippen molar-refractivity contribution < 1.29 is 14.7 Å². The molecule has 0 bridgehead atoms. The first-order valence-corrected chi connectivity index (χ1v) is 5.02. The number of aromatic nitrogens is 2. The summed E-state index contributed by atoms with van der Waals surface area (Å²) in [5.41, 5.74) is 0.986. The van der Waals surface area contributed by atoms with Crippen LogP contribution in [-0.2, 0) is 11.3 Å². The summed E-state index contributed by atoms with van der Waals surface area (Å²) in [6, 6.07) is 0. The summed E-state index contributed by atoms with van der Waals surface area (Å²) < 4.78 is 1.58. The molecule has 5 nitrogen and oxygen atoms in total. The quantitative estimate of drug-likeness (QED) is 0.785. The van der Waals surface area contributed by atoms with E-state index in [1.165, 1.54) is 0 Å². The molecule has 1 rings (SSSR count). The Balaban J connectivity index is 3.08. The molecule has 0 unspecified atom stereocenters. The van der Waals surface area contributed by atoms with E-state index in [0.29, 0.717) is 17.0 Å². The minimum absolute atomic E-state index is 0.253. The van der Waals surface area contributed by atoms with Gasteiger partial charge in [-0.2, -0.15) is 5.10 Å². The molecule has 0 aliphatic heterocycles. The fourth-order valence-electron chi connectivity index (χ4n) is 1.48. The second kappa shape index (κ2) is 4.08. The third-order valence-corrected chi connectivity index (χ3v) is 2.68. The number of rotatable bonds is 4. The molecule has 0 saturated carbocycles. The minimum Gasteiger partial charge on any atom is -0.481 e. The lowest BCUT2D eigenvalue weighted by Crippen LogP contribution is -2.30. The molecule has 88 valence electrons. The van der Waals surface area contributed by atoms with E-state index in [1.54, 1.807) is 32.4 Å². The van der Waals surface area contributed by atoms with Crippen molar-refractivity contribution in [3.8, 4) is 0 Å². The van der Waals surface area contributed by atoms with E-state index in [4.69, 9.17) is 5.11 Å². The van der Waals surface area contributed by atoms with Gasteiger partial charge in [0.2, 0.25) is 0 Å². The normalized spacial score (nSPS) is 11.5. The fraction of sp³-hybridized carbons (Fsp3) is 0.545. The van der Waals surface area contributed by atoms with Crippen LogP contribution in [0.25, 0.3) is 0 Å². The van der Waals surface area contributed by atoms with E-state index < -0.39 is 11.4 Å². The third-order valence-electron chi connectivity index (χ3n) is 2.68. The topological polar surface area (TPSA) is 72.2 Å². The Hall–Kier alpha value is -1.65. The Bertz CT molecular complexity index is 433. The number of aldehydes is 1. The Morgan fingerprint density at radius 3 is 2.44 bits per heavy atom. The van der Waals surface area contributed by atoms with Crippen LogP contribution in [0, 0.1) is 19.3 Å². The average molecular weight is 224 g/mol. The highest BCUT2D eigenvalue weighted by Gasteiger charge is 2.29. The van der Waals surface area contributed by atoms with Crippen LogP contribution in [0.4, 0.5) is 0 Å². The fourth-order valence-corrected chi connectivity index (χ4v) is 1.48. The Morgan fingerprint density at radius 1 is 1.50 bits per heavy atom. The van der Waals surface area contributed by atoms with Crippen LogP contribution >= 0.6 is 0 Å². The molecule has 16 heavy (non-hydrogen) atoms. The van der Waals surface area contributed by atoms with Gasteiger partial charge in [-0.3, -0.25) is 14.3 Å². The number of aryl methyl sites for hydroxylation is 1. The lowest BCUT2D eigenvalue weighted by molar-refractivity contribution is -0.147. The zero-order valence-electron chi connectivity index (χ0n) is 9.94. The zero-order chi connectivity index (χ0) is 12.5. The van der Waals surface area contributed by atoms with Gasteiger partial charge in [-0.25, -0.2) is 0 Å². The molecule has 0 radical (unpaired) electrons. The minimum atomic E-state index is -0.899. The second-order valence-electron chi connectivity index (χ2n) is 4.55. The molecule has 1 aromatic heterocycles. The van der Waals surface area contributed by atoms with Gasteiger partial charge >= 0.3 is 5.97 Å². The molecule has 0 saturated heterocycles. The number of nitrogens with zero attached hydrogens (tertiary/aromatic N) is 2. The van der Waals surface area contributed by atoms with E-state index in [0.717, 1.165) is 6.29 Å². The smallest absolute Gasteiger partial charge is 0.310 e. The summed E-state index contributed by atoms with van der Waals surface area (Å²) in [7, 11) is 0. The number of carbonyl (C=O) groups excluding carboxylic acids is 1. The molecule has 0 atom stereocenters. The summed E-state index contributed by atoms with van der Waals surface area (Å²) in [6.45, 7) is 7.02. The van der Waals surface area contributed by atoms with Gasteiger partial charge in [-0.05, 0) is 27.7 Å². The number of hydrogen-bond acceptors (Lipinski definition) is 3. The lowest BCUT2D eigenvalue weighted by Gasteiger charge is -2.19. The van der Waals surface area contributed by atoms with Crippen molar-refractivity contribution in [3.05, 3.63) is 17.0 Å². The highest BCUT2D eigenvalue weighted by atomic mass is 16.4.